The maximum Gasteiger partial charge on any atom is 0.133 e. The molecule has 148 valence electrons. The van der Waals surface area contributed by atoms with E-state index in [-0.39, 0.29) is 0 Å². The smallest absolute Gasteiger partial charge is 0.133 e. The monoisotopic (exact) mass is 385 g/mol. The second-order valence-corrected chi connectivity index (χ2v) is 7.66. The number of allylic oxidation sites excluding steroid dienone is 4. The molecule has 4 rings (SSSR count). The predicted octanol–water partition coefficient (Wildman–Crippen LogP) is 6.12. The van der Waals surface area contributed by atoms with Crippen LogP contribution in [0, 0.1) is 12.8 Å². The fraction of sp³-hybridized carbons (Fsp3) is 0.308. The molecule has 0 saturated heterocycles. The topological polar surface area (TPSA) is 31.4 Å². The number of rotatable bonds is 5. The first kappa shape index (κ1) is 19.3. The summed E-state index contributed by atoms with van der Waals surface area (Å²) in [6, 6.07) is 8.19. The molecule has 1 atom stereocenters. The van der Waals surface area contributed by atoms with E-state index in [9.17, 15) is 0 Å². The molecule has 1 unspecified atom stereocenters. The van der Waals surface area contributed by atoms with Gasteiger partial charge in [-0.15, -0.1) is 5.73 Å². The van der Waals surface area contributed by atoms with Gasteiger partial charge in [0.15, 0.2) is 0 Å². The van der Waals surface area contributed by atoms with Crippen molar-refractivity contribution < 1.29 is 9.47 Å². The van der Waals surface area contributed by atoms with E-state index in [0.29, 0.717) is 12.5 Å². The first-order valence-electron chi connectivity index (χ1n) is 10.4. The van der Waals surface area contributed by atoms with Gasteiger partial charge in [0.2, 0.25) is 0 Å². The Morgan fingerprint density at radius 3 is 2.79 bits per heavy atom. The minimum atomic E-state index is 0.654. The summed E-state index contributed by atoms with van der Waals surface area (Å²) < 4.78 is 12.1. The Labute approximate surface area is 173 Å². The van der Waals surface area contributed by atoms with Gasteiger partial charge in [-0.2, -0.15) is 0 Å². The Kier molecular flexibility index (Phi) is 5.69. The Morgan fingerprint density at radius 2 is 2.00 bits per heavy atom. The number of pyridine rings is 1. The molecule has 0 fully saturated rings. The largest absolute Gasteiger partial charge is 0.493 e. The maximum atomic E-state index is 6.17. The third kappa shape index (κ3) is 4.21. The minimum absolute atomic E-state index is 0.654. The van der Waals surface area contributed by atoms with E-state index in [0.717, 1.165) is 46.9 Å². The van der Waals surface area contributed by atoms with Crippen LogP contribution in [0.5, 0.6) is 11.5 Å². The van der Waals surface area contributed by atoms with Gasteiger partial charge in [-0.05, 0) is 81.0 Å². The summed E-state index contributed by atoms with van der Waals surface area (Å²) >= 11 is 0. The Morgan fingerprint density at radius 1 is 1.17 bits per heavy atom. The molecule has 1 aromatic carbocycles. The number of fused-ring (bicyclic) bond motifs is 1. The molecule has 2 aliphatic carbocycles. The van der Waals surface area contributed by atoms with Crippen molar-refractivity contribution in [3.05, 3.63) is 83.1 Å². The van der Waals surface area contributed by atoms with E-state index in [1.165, 1.54) is 17.7 Å². The van der Waals surface area contributed by atoms with Crippen LogP contribution in [0.15, 0.2) is 66.1 Å². The van der Waals surface area contributed by atoms with E-state index in [1.807, 2.05) is 49.4 Å². The van der Waals surface area contributed by atoms with Crippen LogP contribution in [0.3, 0.4) is 0 Å². The standard InChI is InChI=1S/C26H27NO2/c1-4-28-26-23-16-11-18(2)17-24(23)27-19(3)25(26)20-12-14-22(15-13-20)29-21-9-7-5-6-8-10-21/h5,7-10,12-15,18H,4,11,16-17H2,1-3H3. The molecule has 29 heavy (non-hydrogen) atoms. The minimum Gasteiger partial charge on any atom is -0.493 e. The Bertz CT molecular complexity index is 1020. The summed E-state index contributed by atoms with van der Waals surface area (Å²) in [4.78, 5) is 4.97. The average Bonchev–Trinajstić information content (AvgIpc) is 2.97. The molecular formula is C26H27NO2. The third-order valence-corrected chi connectivity index (χ3v) is 5.41. The fourth-order valence-electron chi connectivity index (χ4n) is 4.00. The van der Waals surface area contributed by atoms with Crippen LogP contribution in [0.4, 0.5) is 0 Å². The lowest BCUT2D eigenvalue weighted by molar-refractivity contribution is 0.332. The summed E-state index contributed by atoms with van der Waals surface area (Å²) in [6.45, 7) is 7.09. The highest BCUT2D eigenvalue weighted by atomic mass is 16.5. The van der Waals surface area contributed by atoms with Gasteiger partial charge in [-0.1, -0.05) is 25.1 Å². The van der Waals surface area contributed by atoms with E-state index in [1.54, 1.807) is 0 Å². The lowest BCUT2D eigenvalue weighted by Gasteiger charge is -2.26. The van der Waals surface area contributed by atoms with Crippen LogP contribution in [0.25, 0.3) is 11.1 Å². The number of aryl methyl sites for hydroxylation is 1. The summed E-state index contributed by atoms with van der Waals surface area (Å²) in [5, 5.41) is 0. The van der Waals surface area contributed by atoms with Gasteiger partial charge in [0.25, 0.3) is 0 Å². The lowest BCUT2D eigenvalue weighted by atomic mass is 9.85. The van der Waals surface area contributed by atoms with E-state index in [4.69, 9.17) is 14.5 Å². The summed E-state index contributed by atoms with van der Waals surface area (Å²) in [7, 11) is 0. The van der Waals surface area contributed by atoms with Crippen LogP contribution in [-0.2, 0) is 12.8 Å². The van der Waals surface area contributed by atoms with Gasteiger partial charge in [-0.3, -0.25) is 4.98 Å². The zero-order valence-electron chi connectivity index (χ0n) is 17.4. The third-order valence-electron chi connectivity index (χ3n) is 5.41. The number of benzene rings is 1. The molecule has 0 aliphatic heterocycles. The number of aromatic nitrogens is 1. The number of nitrogens with zero attached hydrogens (tertiary/aromatic N) is 1. The SMILES string of the molecule is CCOc1c2c(nc(C)c1-c1ccc(OC3=CC=C=CC=C3)cc1)CC(C)CC2. The van der Waals surface area contributed by atoms with E-state index < -0.39 is 0 Å². The highest BCUT2D eigenvalue weighted by Crippen LogP contribution is 2.41. The molecule has 0 bridgehead atoms. The number of ether oxygens (including phenoxy) is 2. The van der Waals surface area contributed by atoms with Crippen LogP contribution in [0.2, 0.25) is 0 Å². The Balaban J connectivity index is 1.67. The molecule has 3 heteroatoms. The van der Waals surface area contributed by atoms with Gasteiger partial charge >= 0.3 is 0 Å². The molecule has 2 aliphatic rings. The molecule has 0 spiro atoms. The van der Waals surface area contributed by atoms with Crippen molar-refractivity contribution in [2.45, 2.75) is 40.0 Å². The zero-order valence-corrected chi connectivity index (χ0v) is 17.4. The molecule has 3 nitrogen and oxygen atoms in total. The molecular weight excluding hydrogens is 358 g/mol. The molecule has 1 aromatic heterocycles. The molecule has 0 amide bonds. The van der Waals surface area contributed by atoms with Gasteiger partial charge in [0, 0.05) is 22.5 Å². The second-order valence-electron chi connectivity index (χ2n) is 7.66. The maximum absolute atomic E-state index is 6.17. The van der Waals surface area contributed by atoms with Crippen LogP contribution >= 0.6 is 0 Å². The molecule has 0 radical (unpaired) electrons. The zero-order chi connectivity index (χ0) is 20.2. The number of hydrogen-bond acceptors (Lipinski definition) is 3. The quantitative estimate of drug-likeness (QED) is 0.581. The van der Waals surface area contributed by atoms with Gasteiger partial charge in [0.05, 0.1) is 6.61 Å². The highest BCUT2D eigenvalue weighted by molar-refractivity contribution is 5.75. The van der Waals surface area contributed by atoms with Crippen molar-refractivity contribution in [2.24, 2.45) is 5.92 Å². The normalized spacial score (nSPS) is 17.5. The van der Waals surface area contributed by atoms with Crippen LogP contribution in [0.1, 0.15) is 37.2 Å². The van der Waals surface area contributed by atoms with Crippen molar-refractivity contribution in [2.75, 3.05) is 6.61 Å². The first-order valence-corrected chi connectivity index (χ1v) is 10.4. The van der Waals surface area contributed by atoms with Crippen molar-refractivity contribution in [3.63, 3.8) is 0 Å². The fourth-order valence-corrected chi connectivity index (χ4v) is 4.00. The van der Waals surface area contributed by atoms with Crippen molar-refractivity contribution in [3.8, 4) is 22.6 Å². The van der Waals surface area contributed by atoms with Gasteiger partial charge < -0.3 is 9.47 Å². The highest BCUT2D eigenvalue weighted by Gasteiger charge is 2.25. The second kappa shape index (κ2) is 8.55. The predicted molar refractivity (Wildman–Crippen MR) is 117 cm³/mol. The first-order chi connectivity index (χ1) is 14.2. The molecule has 1 heterocycles. The van der Waals surface area contributed by atoms with Crippen molar-refractivity contribution >= 4 is 0 Å². The Hall–Kier alpha value is -3.03. The van der Waals surface area contributed by atoms with Crippen molar-refractivity contribution in [1.29, 1.82) is 0 Å². The summed E-state index contributed by atoms with van der Waals surface area (Å²) in [5.74, 6) is 3.29. The van der Waals surface area contributed by atoms with E-state index >= 15 is 0 Å². The van der Waals surface area contributed by atoms with E-state index in [2.05, 4.69) is 31.7 Å². The van der Waals surface area contributed by atoms with Gasteiger partial charge in [0.1, 0.15) is 17.3 Å². The van der Waals surface area contributed by atoms with Crippen LogP contribution < -0.4 is 9.47 Å². The van der Waals surface area contributed by atoms with Gasteiger partial charge in [-0.25, -0.2) is 0 Å². The van der Waals surface area contributed by atoms with Crippen LogP contribution in [-0.4, -0.2) is 11.6 Å². The average molecular weight is 386 g/mol. The van der Waals surface area contributed by atoms with Crippen molar-refractivity contribution in [1.82, 2.24) is 4.98 Å². The summed E-state index contributed by atoms with van der Waals surface area (Å²) in [6.07, 6.45) is 12.7. The number of hydrogen-bond donors (Lipinski definition) is 0. The summed E-state index contributed by atoms with van der Waals surface area (Å²) in [5.41, 5.74) is 8.78. The molecule has 2 aromatic rings. The molecule has 0 N–H and O–H groups in total. The lowest BCUT2D eigenvalue weighted by Crippen LogP contribution is -2.16. The molecule has 0 saturated carbocycles.